The normalized spacial score (nSPS) is 11.5. The van der Waals surface area contributed by atoms with Crippen molar-refractivity contribution in [2.24, 2.45) is 0 Å². The van der Waals surface area contributed by atoms with Crippen molar-refractivity contribution in [3.8, 4) is 0 Å². The molecule has 0 aliphatic rings. The molecule has 1 aromatic heterocycles. The first-order valence-electron chi connectivity index (χ1n) is 7.32. The monoisotopic (exact) mass is 251 g/mol. The molecule has 0 fully saturated rings. The summed E-state index contributed by atoms with van der Waals surface area (Å²) in [5.41, 5.74) is 5.64. The van der Waals surface area contributed by atoms with Gasteiger partial charge in [-0.15, -0.1) is 0 Å². The van der Waals surface area contributed by atoms with Crippen molar-refractivity contribution in [3.05, 3.63) is 47.5 Å². The Bertz CT molecular complexity index is 734. The third kappa shape index (κ3) is 1.76. The first kappa shape index (κ1) is 12.3. The Morgan fingerprint density at radius 3 is 2.42 bits per heavy atom. The summed E-state index contributed by atoms with van der Waals surface area (Å²) in [5.74, 6) is 0. The smallest absolute Gasteiger partial charge is 0.0494 e. The molecule has 0 aliphatic heterocycles. The topological polar surface area (TPSA) is 4.93 Å². The Hall–Kier alpha value is -1.76. The minimum Gasteiger partial charge on any atom is -0.341 e. The van der Waals surface area contributed by atoms with Gasteiger partial charge in [0.15, 0.2) is 0 Å². The number of aromatic nitrogens is 1. The van der Waals surface area contributed by atoms with Crippen LogP contribution in [0.15, 0.2) is 36.4 Å². The van der Waals surface area contributed by atoms with Crippen molar-refractivity contribution < 1.29 is 0 Å². The summed E-state index contributed by atoms with van der Waals surface area (Å²) >= 11 is 0. The lowest BCUT2D eigenvalue weighted by Crippen LogP contribution is -1.93. The molecule has 0 saturated carbocycles. The molecule has 19 heavy (non-hydrogen) atoms. The molecular weight excluding hydrogens is 230 g/mol. The van der Waals surface area contributed by atoms with E-state index in [0.29, 0.717) is 0 Å². The van der Waals surface area contributed by atoms with Crippen LogP contribution in [0.4, 0.5) is 0 Å². The van der Waals surface area contributed by atoms with Crippen LogP contribution in [0.2, 0.25) is 0 Å². The van der Waals surface area contributed by atoms with Gasteiger partial charge in [0.1, 0.15) is 0 Å². The summed E-state index contributed by atoms with van der Waals surface area (Å²) in [5, 5.41) is 2.88. The van der Waals surface area contributed by atoms with Gasteiger partial charge in [-0.05, 0) is 49.1 Å². The molecule has 98 valence electrons. The number of hydrogen-bond acceptors (Lipinski definition) is 0. The van der Waals surface area contributed by atoms with Gasteiger partial charge < -0.3 is 4.57 Å². The SMILES string of the molecule is CCc1ccc2c(c1)c1c(CC)cccc1n2CC. The van der Waals surface area contributed by atoms with Crippen LogP contribution in [-0.4, -0.2) is 4.57 Å². The van der Waals surface area contributed by atoms with Crippen LogP contribution in [0, 0.1) is 0 Å². The molecule has 0 atom stereocenters. The Morgan fingerprint density at radius 2 is 1.74 bits per heavy atom. The number of rotatable bonds is 3. The maximum atomic E-state index is 2.43. The maximum absolute atomic E-state index is 2.43. The van der Waals surface area contributed by atoms with Gasteiger partial charge in [0.05, 0.1) is 0 Å². The molecule has 1 heterocycles. The second-order valence-electron chi connectivity index (χ2n) is 5.11. The molecular formula is C18H21N. The number of hydrogen-bond donors (Lipinski definition) is 0. The predicted molar refractivity (Wildman–Crippen MR) is 83.9 cm³/mol. The van der Waals surface area contributed by atoms with Crippen LogP contribution in [0.3, 0.4) is 0 Å². The maximum Gasteiger partial charge on any atom is 0.0494 e. The third-order valence-electron chi connectivity index (χ3n) is 4.15. The molecule has 0 aliphatic carbocycles. The Balaban J connectivity index is 2.51. The predicted octanol–water partition coefficient (Wildman–Crippen LogP) is 4.94. The molecule has 0 bridgehead atoms. The number of aryl methyl sites for hydroxylation is 3. The second-order valence-corrected chi connectivity index (χ2v) is 5.11. The average molecular weight is 251 g/mol. The fourth-order valence-corrected chi connectivity index (χ4v) is 3.13. The zero-order valence-corrected chi connectivity index (χ0v) is 12.0. The van der Waals surface area contributed by atoms with E-state index in [4.69, 9.17) is 0 Å². The van der Waals surface area contributed by atoms with Crippen LogP contribution in [-0.2, 0) is 19.4 Å². The average Bonchev–Trinajstić information content (AvgIpc) is 2.79. The first-order valence-corrected chi connectivity index (χ1v) is 7.32. The Kier molecular flexibility index (Phi) is 3.06. The molecule has 0 unspecified atom stereocenters. The van der Waals surface area contributed by atoms with Gasteiger partial charge in [0.25, 0.3) is 0 Å². The molecule has 3 rings (SSSR count). The van der Waals surface area contributed by atoms with E-state index in [1.165, 1.54) is 32.9 Å². The summed E-state index contributed by atoms with van der Waals surface area (Å²) in [4.78, 5) is 0. The highest BCUT2D eigenvalue weighted by Crippen LogP contribution is 2.32. The molecule has 3 aromatic rings. The molecule has 1 nitrogen and oxygen atoms in total. The van der Waals surface area contributed by atoms with Crippen LogP contribution in [0.25, 0.3) is 21.8 Å². The zero-order valence-electron chi connectivity index (χ0n) is 12.0. The summed E-state index contributed by atoms with van der Waals surface area (Å²) < 4.78 is 2.43. The Labute approximate surface area is 114 Å². The highest BCUT2D eigenvalue weighted by Gasteiger charge is 2.12. The van der Waals surface area contributed by atoms with E-state index in [2.05, 4.69) is 61.7 Å². The van der Waals surface area contributed by atoms with Gasteiger partial charge >= 0.3 is 0 Å². The van der Waals surface area contributed by atoms with Crippen molar-refractivity contribution in [2.45, 2.75) is 40.2 Å². The summed E-state index contributed by atoms with van der Waals surface area (Å²) in [6.07, 6.45) is 2.19. The number of nitrogens with zero attached hydrogens (tertiary/aromatic N) is 1. The summed E-state index contributed by atoms with van der Waals surface area (Å²) in [6, 6.07) is 13.6. The lowest BCUT2D eigenvalue weighted by Gasteiger charge is -2.03. The van der Waals surface area contributed by atoms with Crippen molar-refractivity contribution in [3.63, 3.8) is 0 Å². The number of fused-ring (bicyclic) bond motifs is 3. The molecule has 2 aromatic carbocycles. The third-order valence-corrected chi connectivity index (χ3v) is 4.15. The lowest BCUT2D eigenvalue weighted by molar-refractivity contribution is 0.826. The van der Waals surface area contributed by atoms with Crippen molar-refractivity contribution >= 4 is 21.8 Å². The van der Waals surface area contributed by atoms with E-state index in [1.807, 2.05) is 0 Å². The fraction of sp³-hybridized carbons (Fsp3) is 0.333. The van der Waals surface area contributed by atoms with Crippen molar-refractivity contribution in [1.29, 1.82) is 0 Å². The molecule has 0 N–H and O–H groups in total. The summed E-state index contributed by atoms with van der Waals surface area (Å²) in [7, 11) is 0. The quantitative estimate of drug-likeness (QED) is 0.621. The number of benzene rings is 2. The highest BCUT2D eigenvalue weighted by molar-refractivity contribution is 6.10. The van der Waals surface area contributed by atoms with E-state index in [-0.39, 0.29) is 0 Å². The highest BCUT2D eigenvalue weighted by atomic mass is 15.0. The van der Waals surface area contributed by atoms with E-state index in [9.17, 15) is 0 Å². The molecule has 0 saturated heterocycles. The van der Waals surface area contributed by atoms with Crippen molar-refractivity contribution in [1.82, 2.24) is 4.57 Å². The van der Waals surface area contributed by atoms with Crippen LogP contribution in [0.5, 0.6) is 0 Å². The Morgan fingerprint density at radius 1 is 0.895 bits per heavy atom. The van der Waals surface area contributed by atoms with Gasteiger partial charge in [0.2, 0.25) is 0 Å². The molecule has 1 heteroatoms. The lowest BCUT2D eigenvalue weighted by atomic mass is 10.0. The molecule has 0 radical (unpaired) electrons. The van der Waals surface area contributed by atoms with Gasteiger partial charge in [-0.25, -0.2) is 0 Å². The van der Waals surface area contributed by atoms with E-state index in [0.717, 1.165) is 19.4 Å². The van der Waals surface area contributed by atoms with E-state index < -0.39 is 0 Å². The van der Waals surface area contributed by atoms with E-state index in [1.54, 1.807) is 0 Å². The van der Waals surface area contributed by atoms with Gasteiger partial charge in [0, 0.05) is 28.4 Å². The summed E-state index contributed by atoms with van der Waals surface area (Å²) in [6.45, 7) is 7.72. The molecule has 0 amide bonds. The second kappa shape index (κ2) is 4.73. The zero-order chi connectivity index (χ0) is 13.4. The van der Waals surface area contributed by atoms with Gasteiger partial charge in [-0.2, -0.15) is 0 Å². The fourth-order valence-electron chi connectivity index (χ4n) is 3.13. The standard InChI is InChI=1S/C18H21N/c1-4-13-10-11-16-15(12-13)18-14(5-2)8-7-9-17(18)19(16)6-3/h7-12H,4-6H2,1-3H3. The van der Waals surface area contributed by atoms with Crippen LogP contribution in [0.1, 0.15) is 31.9 Å². The van der Waals surface area contributed by atoms with E-state index >= 15 is 0 Å². The minimum absolute atomic E-state index is 1.03. The first-order chi connectivity index (χ1) is 9.30. The van der Waals surface area contributed by atoms with Gasteiger partial charge in [-0.3, -0.25) is 0 Å². The molecule has 0 spiro atoms. The minimum atomic E-state index is 1.03. The van der Waals surface area contributed by atoms with Crippen LogP contribution >= 0.6 is 0 Å². The van der Waals surface area contributed by atoms with Crippen LogP contribution < -0.4 is 0 Å². The largest absolute Gasteiger partial charge is 0.341 e. The van der Waals surface area contributed by atoms with Gasteiger partial charge in [-0.1, -0.05) is 32.0 Å². The van der Waals surface area contributed by atoms with Crippen molar-refractivity contribution in [2.75, 3.05) is 0 Å².